The number of carbonyl (C=O) groups excluding carboxylic acids is 1. The lowest BCUT2D eigenvalue weighted by molar-refractivity contribution is 0.0534. The van der Waals surface area contributed by atoms with Crippen LogP contribution in [-0.2, 0) is 13.0 Å². The SMILES string of the molecule is Cc1cc(CNC(=O)Oc2sc(C)c3c2C[C@@H]2[C@H]3C2(C)C)ccc1OC[C@@H](O)CO. The van der Waals surface area contributed by atoms with Crippen molar-refractivity contribution >= 4 is 17.4 Å². The lowest BCUT2D eigenvalue weighted by Crippen LogP contribution is -2.26. The molecule has 2 aliphatic rings. The molecular formula is C23H29NO5S. The quantitative estimate of drug-likeness (QED) is 0.622. The number of fused-ring (bicyclic) bond motifs is 3. The van der Waals surface area contributed by atoms with Gasteiger partial charge in [-0.2, -0.15) is 0 Å². The van der Waals surface area contributed by atoms with E-state index in [1.807, 2.05) is 19.1 Å². The maximum atomic E-state index is 12.4. The molecule has 1 fully saturated rings. The predicted molar refractivity (Wildman–Crippen MR) is 115 cm³/mol. The molecule has 2 aromatic rings. The first-order valence-corrected chi connectivity index (χ1v) is 11.1. The van der Waals surface area contributed by atoms with Crippen molar-refractivity contribution in [2.24, 2.45) is 11.3 Å². The molecule has 4 rings (SSSR count). The number of aliphatic hydroxyl groups is 2. The zero-order valence-corrected chi connectivity index (χ0v) is 18.6. The van der Waals surface area contributed by atoms with Crippen LogP contribution in [0.2, 0.25) is 0 Å². The van der Waals surface area contributed by atoms with E-state index in [-0.39, 0.29) is 13.2 Å². The second kappa shape index (κ2) is 7.87. The van der Waals surface area contributed by atoms with Gasteiger partial charge in [-0.3, -0.25) is 0 Å². The Morgan fingerprint density at radius 1 is 1.37 bits per heavy atom. The fraction of sp³-hybridized carbons (Fsp3) is 0.522. The van der Waals surface area contributed by atoms with Gasteiger partial charge in [0.15, 0.2) is 5.06 Å². The van der Waals surface area contributed by atoms with Gasteiger partial charge in [-0.15, -0.1) is 11.3 Å². The van der Waals surface area contributed by atoms with Crippen molar-refractivity contribution in [3.05, 3.63) is 45.3 Å². The molecule has 1 saturated carbocycles. The van der Waals surface area contributed by atoms with Crippen LogP contribution in [-0.4, -0.2) is 35.6 Å². The highest BCUT2D eigenvalue weighted by atomic mass is 32.1. The number of carbonyl (C=O) groups is 1. The highest BCUT2D eigenvalue weighted by Crippen LogP contribution is 2.72. The highest BCUT2D eigenvalue weighted by molar-refractivity contribution is 7.14. The van der Waals surface area contributed by atoms with E-state index < -0.39 is 12.2 Å². The number of aryl methyl sites for hydroxylation is 2. The van der Waals surface area contributed by atoms with Crippen molar-refractivity contribution in [1.29, 1.82) is 0 Å². The lowest BCUT2D eigenvalue weighted by atomic mass is 9.96. The summed E-state index contributed by atoms with van der Waals surface area (Å²) >= 11 is 1.57. The minimum Gasteiger partial charge on any atom is -0.491 e. The molecule has 1 aromatic carbocycles. The van der Waals surface area contributed by atoms with Gasteiger partial charge in [0, 0.05) is 17.0 Å². The Hall–Kier alpha value is -2.09. The van der Waals surface area contributed by atoms with Crippen LogP contribution in [0.25, 0.3) is 0 Å². The van der Waals surface area contributed by atoms with Gasteiger partial charge < -0.3 is 25.0 Å². The molecule has 0 aliphatic heterocycles. The Balaban J connectivity index is 1.33. The Bertz CT molecular complexity index is 967. The summed E-state index contributed by atoms with van der Waals surface area (Å²) in [6.45, 7) is 8.71. The average Bonchev–Trinajstić information content (AvgIpc) is 3.02. The molecule has 1 aromatic heterocycles. The van der Waals surface area contributed by atoms with Gasteiger partial charge in [-0.05, 0) is 60.3 Å². The first-order chi connectivity index (χ1) is 14.2. The summed E-state index contributed by atoms with van der Waals surface area (Å²) in [5, 5.41) is 21.8. The van der Waals surface area contributed by atoms with Crippen molar-refractivity contribution in [3.63, 3.8) is 0 Å². The maximum Gasteiger partial charge on any atom is 0.413 e. The minimum absolute atomic E-state index is 0.0325. The van der Waals surface area contributed by atoms with Crippen molar-refractivity contribution in [3.8, 4) is 10.8 Å². The monoisotopic (exact) mass is 431 g/mol. The average molecular weight is 432 g/mol. The number of hydrogen-bond acceptors (Lipinski definition) is 6. The number of nitrogens with one attached hydrogen (secondary N) is 1. The second-order valence-corrected chi connectivity index (χ2v) is 10.1. The van der Waals surface area contributed by atoms with E-state index in [9.17, 15) is 9.90 Å². The van der Waals surface area contributed by atoms with Crippen LogP contribution in [0.15, 0.2) is 18.2 Å². The molecule has 0 radical (unpaired) electrons. The van der Waals surface area contributed by atoms with E-state index in [0.29, 0.717) is 29.5 Å². The molecule has 162 valence electrons. The number of aliphatic hydroxyl groups excluding tert-OH is 2. The fourth-order valence-corrected chi connectivity index (χ4v) is 5.77. The van der Waals surface area contributed by atoms with Crippen LogP contribution in [0.3, 0.4) is 0 Å². The summed E-state index contributed by atoms with van der Waals surface area (Å²) < 4.78 is 11.2. The molecule has 30 heavy (non-hydrogen) atoms. The predicted octanol–water partition coefficient (Wildman–Crippen LogP) is 3.68. The Morgan fingerprint density at radius 2 is 2.13 bits per heavy atom. The minimum atomic E-state index is -0.903. The third-order valence-corrected chi connectivity index (χ3v) is 7.53. The molecule has 3 atom stereocenters. The number of amides is 1. The van der Waals surface area contributed by atoms with Crippen LogP contribution in [0, 0.1) is 25.2 Å². The van der Waals surface area contributed by atoms with Gasteiger partial charge in [0.25, 0.3) is 0 Å². The molecular weight excluding hydrogens is 402 g/mol. The van der Waals surface area contributed by atoms with E-state index in [0.717, 1.165) is 22.6 Å². The van der Waals surface area contributed by atoms with Crippen molar-refractivity contribution in [1.82, 2.24) is 5.32 Å². The number of rotatable bonds is 7. The highest BCUT2D eigenvalue weighted by Gasteiger charge is 2.63. The summed E-state index contributed by atoms with van der Waals surface area (Å²) in [5.41, 5.74) is 4.83. The zero-order valence-electron chi connectivity index (χ0n) is 17.8. The molecule has 0 unspecified atom stereocenters. The first kappa shape index (κ1) is 21.2. The molecule has 1 heterocycles. The zero-order chi connectivity index (χ0) is 21.6. The number of ether oxygens (including phenoxy) is 2. The third-order valence-electron chi connectivity index (χ3n) is 6.49. The molecule has 2 aliphatic carbocycles. The van der Waals surface area contributed by atoms with Crippen LogP contribution < -0.4 is 14.8 Å². The van der Waals surface area contributed by atoms with E-state index >= 15 is 0 Å². The van der Waals surface area contributed by atoms with Crippen LogP contribution in [0.5, 0.6) is 10.8 Å². The van der Waals surface area contributed by atoms with Gasteiger partial charge >= 0.3 is 6.09 Å². The Labute approximate surface area is 180 Å². The number of hydrogen-bond donors (Lipinski definition) is 3. The fourth-order valence-electron chi connectivity index (χ4n) is 4.70. The van der Waals surface area contributed by atoms with E-state index in [4.69, 9.17) is 14.6 Å². The van der Waals surface area contributed by atoms with Crippen molar-refractivity contribution in [2.75, 3.05) is 13.2 Å². The molecule has 0 spiro atoms. The van der Waals surface area contributed by atoms with Gasteiger partial charge in [0.05, 0.1) is 6.61 Å². The van der Waals surface area contributed by atoms with Gasteiger partial charge in [-0.1, -0.05) is 26.0 Å². The first-order valence-electron chi connectivity index (χ1n) is 10.3. The summed E-state index contributed by atoms with van der Waals surface area (Å²) in [6, 6.07) is 5.57. The largest absolute Gasteiger partial charge is 0.491 e. The summed E-state index contributed by atoms with van der Waals surface area (Å²) in [4.78, 5) is 13.6. The topological polar surface area (TPSA) is 88.0 Å². The van der Waals surface area contributed by atoms with E-state index in [1.165, 1.54) is 16.0 Å². The Kier molecular flexibility index (Phi) is 5.55. The molecule has 7 heteroatoms. The van der Waals surface area contributed by atoms with E-state index in [1.54, 1.807) is 17.4 Å². The number of benzene rings is 1. The molecule has 6 nitrogen and oxygen atoms in total. The maximum absolute atomic E-state index is 12.4. The van der Waals surface area contributed by atoms with Gasteiger partial charge in [0.2, 0.25) is 0 Å². The molecule has 3 N–H and O–H groups in total. The standard InChI is InChI=1S/C23H29NO5S/c1-12-7-14(5-6-18(12)28-11-15(26)10-25)9-24-22(27)29-21-16-8-17-20(23(17,3)4)19(16)13(2)30-21/h5-7,15,17,20,25-26H,8-11H2,1-4H3,(H,24,27)/t15-,17+,20+/m0/s1. The van der Waals surface area contributed by atoms with Crippen molar-refractivity contribution < 1.29 is 24.5 Å². The van der Waals surface area contributed by atoms with Crippen LogP contribution in [0.4, 0.5) is 4.79 Å². The molecule has 0 saturated heterocycles. The van der Waals surface area contributed by atoms with Crippen LogP contribution in [0.1, 0.15) is 46.9 Å². The van der Waals surface area contributed by atoms with Crippen LogP contribution >= 0.6 is 11.3 Å². The third kappa shape index (κ3) is 3.82. The summed E-state index contributed by atoms with van der Waals surface area (Å²) in [5.74, 6) is 1.94. The van der Waals surface area contributed by atoms with Crippen molar-refractivity contribution in [2.45, 2.75) is 52.7 Å². The Morgan fingerprint density at radius 3 is 2.83 bits per heavy atom. The summed E-state index contributed by atoms with van der Waals surface area (Å²) in [6.07, 6.45) is -0.339. The molecule has 0 bridgehead atoms. The second-order valence-electron chi connectivity index (χ2n) is 8.94. The number of thiophene rings is 1. The molecule has 1 amide bonds. The van der Waals surface area contributed by atoms with Gasteiger partial charge in [0.1, 0.15) is 18.5 Å². The van der Waals surface area contributed by atoms with E-state index in [2.05, 4.69) is 26.1 Å². The van der Waals surface area contributed by atoms with Gasteiger partial charge in [-0.25, -0.2) is 4.79 Å². The smallest absolute Gasteiger partial charge is 0.413 e. The normalized spacial score (nSPS) is 21.5. The summed E-state index contributed by atoms with van der Waals surface area (Å²) in [7, 11) is 0. The lowest BCUT2D eigenvalue weighted by Gasteiger charge is -2.13.